The molecule has 0 radical (unpaired) electrons. The van der Waals surface area contributed by atoms with Gasteiger partial charge in [0.05, 0.1) is 17.7 Å². The second-order valence-electron chi connectivity index (χ2n) is 9.59. The standard InChI is InChI=1S/C28H26N2O/c29-17-19-9-11-23-25(16-19)28-12-4-3-7-24(28)26(27(23)31)30(14-13-28)18-20-8-10-21-5-1-2-6-22(21)15-20/h1-2,5-6,8-11,15-16,24,26H,3-4,7,12-14,18H2/t24-,26-,28+/m0/s1. The van der Waals surface area contributed by atoms with Crippen molar-refractivity contribution in [3.8, 4) is 6.07 Å². The Morgan fingerprint density at radius 3 is 2.74 bits per heavy atom. The third-order valence-electron chi connectivity index (χ3n) is 8.14. The first kappa shape index (κ1) is 18.8. The van der Waals surface area contributed by atoms with Gasteiger partial charge in [0.2, 0.25) is 0 Å². The highest BCUT2D eigenvalue weighted by Crippen LogP contribution is 2.56. The summed E-state index contributed by atoms with van der Waals surface area (Å²) < 4.78 is 0. The Hall–Kier alpha value is -2.96. The monoisotopic (exact) mass is 406 g/mol. The molecule has 2 fully saturated rings. The molecule has 0 N–H and O–H groups in total. The number of fused-ring (bicyclic) bond motifs is 2. The highest BCUT2D eigenvalue weighted by molar-refractivity contribution is 6.04. The molecule has 3 aromatic carbocycles. The van der Waals surface area contributed by atoms with Gasteiger partial charge in [0.15, 0.2) is 5.78 Å². The van der Waals surface area contributed by atoms with Crippen molar-refractivity contribution in [3.05, 3.63) is 82.9 Å². The summed E-state index contributed by atoms with van der Waals surface area (Å²) >= 11 is 0. The molecule has 2 bridgehead atoms. The van der Waals surface area contributed by atoms with E-state index in [0.717, 1.165) is 37.9 Å². The minimum absolute atomic E-state index is 0.0408. The Labute approximate surface area is 183 Å². The zero-order chi connectivity index (χ0) is 21.0. The van der Waals surface area contributed by atoms with Crippen LogP contribution in [0.5, 0.6) is 0 Å². The molecule has 3 heteroatoms. The summed E-state index contributed by atoms with van der Waals surface area (Å²) in [7, 11) is 0. The Morgan fingerprint density at radius 1 is 1.00 bits per heavy atom. The molecule has 154 valence electrons. The van der Waals surface area contributed by atoms with Gasteiger partial charge >= 0.3 is 0 Å². The van der Waals surface area contributed by atoms with Gasteiger partial charge in [0.25, 0.3) is 0 Å². The molecule has 1 heterocycles. The average molecular weight is 407 g/mol. The fourth-order valence-electron chi connectivity index (χ4n) is 6.74. The zero-order valence-corrected chi connectivity index (χ0v) is 17.7. The molecular weight excluding hydrogens is 380 g/mol. The first-order valence-electron chi connectivity index (χ1n) is 11.5. The van der Waals surface area contributed by atoms with Crippen molar-refractivity contribution in [2.75, 3.05) is 6.54 Å². The molecular formula is C28H26N2O. The van der Waals surface area contributed by atoms with Crippen molar-refractivity contribution in [3.63, 3.8) is 0 Å². The summed E-state index contributed by atoms with van der Waals surface area (Å²) in [5.41, 5.74) is 4.06. The lowest BCUT2D eigenvalue weighted by molar-refractivity contribution is -0.00608. The molecule has 1 aliphatic heterocycles. The zero-order valence-electron chi connectivity index (χ0n) is 17.7. The van der Waals surface area contributed by atoms with Crippen molar-refractivity contribution >= 4 is 16.6 Å². The first-order chi connectivity index (χ1) is 15.2. The molecule has 0 aromatic heterocycles. The summed E-state index contributed by atoms with van der Waals surface area (Å²) in [6.45, 7) is 1.76. The van der Waals surface area contributed by atoms with Crippen LogP contribution >= 0.6 is 0 Å². The lowest BCUT2D eigenvalue weighted by Crippen LogP contribution is -2.63. The number of hydrogen-bond acceptors (Lipinski definition) is 3. The van der Waals surface area contributed by atoms with Crippen LogP contribution in [-0.4, -0.2) is 23.3 Å². The number of nitriles is 1. The molecule has 0 unspecified atom stereocenters. The smallest absolute Gasteiger partial charge is 0.180 e. The van der Waals surface area contributed by atoms with Crippen LogP contribution in [0.25, 0.3) is 10.8 Å². The lowest BCUT2D eigenvalue weighted by Gasteiger charge is -2.58. The van der Waals surface area contributed by atoms with Crippen LogP contribution in [0.1, 0.15) is 59.2 Å². The van der Waals surface area contributed by atoms with Crippen LogP contribution < -0.4 is 0 Å². The van der Waals surface area contributed by atoms with Crippen LogP contribution in [0.2, 0.25) is 0 Å². The van der Waals surface area contributed by atoms with Gasteiger partial charge < -0.3 is 0 Å². The Balaban J connectivity index is 1.41. The normalized spacial score (nSPS) is 27.4. The van der Waals surface area contributed by atoms with E-state index in [1.807, 2.05) is 18.2 Å². The molecule has 3 aromatic rings. The number of Topliss-reactive ketones (excluding diaryl/α,β-unsaturated/α-hetero) is 1. The van der Waals surface area contributed by atoms with E-state index in [-0.39, 0.29) is 17.2 Å². The summed E-state index contributed by atoms with van der Waals surface area (Å²) in [5.74, 6) is 0.631. The van der Waals surface area contributed by atoms with E-state index in [0.29, 0.717) is 11.5 Å². The molecule has 6 rings (SSSR count). The number of carbonyl (C=O) groups is 1. The Kier molecular flexibility index (Phi) is 4.26. The van der Waals surface area contributed by atoms with Gasteiger partial charge in [0, 0.05) is 24.1 Å². The predicted octanol–water partition coefficient (Wildman–Crippen LogP) is 5.61. The number of nitrogens with zero attached hydrogens (tertiary/aromatic N) is 2. The summed E-state index contributed by atoms with van der Waals surface area (Å²) in [5, 5.41) is 12.0. The van der Waals surface area contributed by atoms with Crippen molar-refractivity contribution < 1.29 is 4.79 Å². The van der Waals surface area contributed by atoms with E-state index in [1.54, 1.807) is 0 Å². The molecule has 3 nitrogen and oxygen atoms in total. The van der Waals surface area contributed by atoms with Gasteiger partial charge in [-0.3, -0.25) is 9.69 Å². The minimum Gasteiger partial charge on any atom is -0.292 e. The van der Waals surface area contributed by atoms with Crippen LogP contribution in [-0.2, 0) is 12.0 Å². The topological polar surface area (TPSA) is 44.1 Å². The molecule has 31 heavy (non-hydrogen) atoms. The number of likely N-dealkylation sites (tertiary alicyclic amines) is 1. The largest absolute Gasteiger partial charge is 0.292 e. The molecule has 1 saturated carbocycles. The van der Waals surface area contributed by atoms with Gasteiger partial charge in [-0.05, 0) is 71.3 Å². The average Bonchev–Trinajstić information content (AvgIpc) is 2.82. The maximum Gasteiger partial charge on any atom is 0.180 e. The van der Waals surface area contributed by atoms with Crippen LogP contribution in [0, 0.1) is 17.2 Å². The van der Waals surface area contributed by atoms with E-state index in [4.69, 9.17) is 0 Å². The number of benzene rings is 3. The predicted molar refractivity (Wildman–Crippen MR) is 122 cm³/mol. The summed E-state index contributed by atoms with van der Waals surface area (Å²) in [6, 6.07) is 23.2. The number of piperidine rings is 1. The maximum absolute atomic E-state index is 13.8. The molecule has 0 spiro atoms. The van der Waals surface area contributed by atoms with Gasteiger partial charge in [-0.15, -0.1) is 0 Å². The van der Waals surface area contributed by atoms with Crippen molar-refractivity contribution in [2.24, 2.45) is 5.92 Å². The Morgan fingerprint density at radius 2 is 1.87 bits per heavy atom. The minimum atomic E-state index is -0.0408. The van der Waals surface area contributed by atoms with E-state index >= 15 is 0 Å². The molecule has 2 aliphatic carbocycles. The quantitative estimate of drug-likeness (QED) is 0.556. The van der Waals surface area contributed by atoms with E-state index in [9.17, 15) is 10.1 Å². The second kappa shape index (κ2) is 7.04. The van der Waals surface area contributed by atoms with E-state index in [2.05, 4.69) is 53.4 Å². The molecule has 1 saturated heterocycles. The van der Waals surface area contributed by atoms with Gasteiger partial charge in [-0.25, -0.2) is 0 Å². The van der Waals surface area contributed by atoms with Crippen molar-refractivity contribution in [2.45, 2.75) is 50.1 Å². The molecule has 3 atom stereocenters. The molecule has 0 amide bonds. The second-order valence-corrected chi connectivity index (χ2v) is 9.59. The van der Waals surface area contributed by atoms with E-state index in [1.165, 1.54) is 34.7 Å². The van der Waals surface area contributed by atoms with Crippen molar-refractivity contribution in [1.29, 1.82) is 5.26 Å². The lowest BCUT2D eigenvalue weighted by atomic mass is 9.52. The van der Waals surface area contributed by atoms with Crippen LogP contribution in [0.3, 0.4) is 0 Å². The maximum atomic E-state index is 13.8. The highest BCUT2D eigenvalue weighted by atomic mass is 16.1. The van der Waals surface area contributed by atoms with Gasteiger partial charge in [-0.2, -0.15) is 5.26 Å². The van der Waals surface area contributed by atoms with Crippen LogP contribution in [0.15, 0.2) is 60.7 Å². The van der Waals surface area contributed by atoms with Gasteiger partial charge in [-0.1, -0.05) is 49.2 Å². The number of ketones is 1. The fraction of sp³-hybridized carbons (Fsp3) is 0.357. The van der Waals surface area contributed by atoms with Gasteiger partial charge in [0.1, 0.15) is 0 Å². The van der Waals surface area contributed by atoms with Crippen LogP contribution in [0.4, 0.5) is 0 Å². The van der Waals surface area contributed by atoms with E-state index < -0.39 is 0 Å². The number of carbonyl (C=O) groups excluding carboxylic acids is 1. The highest BCUT2D eigenvalue weighted by Gasteiger charge is 2.56. The third-order valence-corrected chi connectivity index (χ3v) is 8.14. The van der Waals surface area contributed by atoms with Crippen molar-refractivity contribution in [1.82, 2.24) is 4.90 Å². The third kappa shape index (κ3) is 2.78. The SMILES string of the molecule is N#Cc1ccc2c(c1)[C@@]13CCCC[C@H]1[C@@H](C2=O)N(Cc1ccc2ccccc2c1)CC3. The molecule has 3 aliphatic rings. The number of hydrogen-bond donors (Lipinski definition) is 0. The first-order valence-corrected chi connectivity index (χ1v) is 11.5. The Bertz CT molecular complexity index is 1240. The fourth-order valence-corrected chi connectivity index (χ4v) is 6.74. The summed E-state index contributed by atoms with van der Waals surface area (Å²) in [4.78, 5) is 16.2. The summed E-state index contributed by atoms with van der Waals surface area (Å²) in [6.07, 6.45) is 5.76. The number of rotatable bonds is 2.